The van der Waals surface area contributed by atoms with E-state index in [1.807, 2.05) is 0 Å². The Morgan fingerprint density at radius 1 is 0.895 bits per heavy atom. The topological polar surface area (TPSA) is 57.6 Å². The first kappa shape index (κ1) is 13.0. The van der Waals surface area contributed by atoms with Crippen molar-refractivity contribution in [3.8, 4) is 0 Å². The summed E-state index contributed by atoms with van der Waals surface area (Å²) in [6, 6.07) is 14.7. The van der Waals surface area contributed by atoms with Crippen LogP contribution in [-0.2, 0) is 0 Å². The first-order chi connectivity index (χ1) is 9.09. The molecule has 1 N–H and O–H groups in total. The molecule has 0 aromatic heterocycles. The van der Waals surface area contributed by atoms with Crippen molar-refractivity contribution >= 4 is 17.4 Å². The van der Waals surface area contributed by atoms with Gasteiger partial charge in [0.15, 0.2) is 5.78 Å². The Morgan fingerprint density at radius 3 is 2.00 bits per heavy atom. The number of rotatable bonds is 3. The van der Waals surface area contributed by atoms with Crippen molar-refractivity contribution in [1.82, 2.24) is 0 Å². The zero-order chi connectivity index (χ0) is 13.8. The Labute approximate surface area is 110 Å². The molecule has 0 saturated carbocycles. The normalized spacial score (nSPS) is 10.0. The highest BCUT2D eigenvalue weighted by atomic mass is 16.5. The third-order valence-corrected chi connectivity index (χ3v) is 2.73. The van der Waals surface area contributed by atoms with Gasteiger partial charge in [0.25, 0.3) is 5.91 Å². The molecule has 0 saturated heterocycles. The van der Waals surface area contributed by atoms with Crippen molar-refractivity contribution in [1.29, 1.82) is 0 Å². The van der Waals surface area contributed by atoms with Gasteiger partial charge in [0, 0.05) is 11.1 Å². The van der Waals surface area contributed by atoms with Gasteiger partial charge in [-0.1, -0.05) is 18.2 Å². The lowest BCUT2D eigenvalue weighted by Gasteiger charge is -2.15. The molecule has 2 aromatic rings. The van der Waals surface area contributed by atoms with Crippen molar-refractivity contribution in [2.75, 3.05) is 5.06 Å². The maximum atomic E-state index is 12.0. The van der Waals surface area contributed by atoms with E-state index in [2.05, 4.69) is 0 Å². The number of Topliss-reactive ketones (excluding diaryl/α,β-unsaturated/α-hetero) is 1. The molecule has 0 unspecified atom stereocenters. The molecule has 0 aliphatic rings. The highest BCUT2D eigenvalue weighted by Gasteiger charge is 2.15. The summed E-state index contributed by atoms with van der Waals surface area (Å²) in [4.78, 5) is 23.1. The lowest BCUT2D eigenvalue weighted by atomic mass is 10.1. The molecule has 0 radical (unpaired) electrons. The number of nitrogens with zero attached hydrogens (tertiary/aromatic N) is 1. The summed E-state index contributed by atoms with van der Waals surface area (Å²) in [6.07, 6.45) is 0. The van der Waals surface area contributed by atoms with E-state index in [4.69, 9.17) is 0 Å². The van der Waals surface area contributed by atoms with E-state index in [-0.39, 0.29) is 5.78 Å². The summed E-state index contributed by atoms with van der Waals surface area (Å²) in [5.74, 6) is -0.582. The van der Waals surface area contributed by atoms with Crippen LogP contribution in [0.3, 0.4) is 0 Å². The molecule has 96 valence electrons. The van der Waals surface area contributed by atoms with Gasteiger partial charge in [0.2, 0.25) is 0 Å². The quantitative estimate of drug-likeness (QED) is 0.521. The molecule has 0 aliphatic carbocycles. The van der Waals surface area contributed by atoms with Crippen LogP contribution in [0.15, 0.2) is 54.6 Å². The Morgan fingerprint density at radius 2 is 1.47 bits per heavy atom. The highest BCUT2D eigenvalue weighted by molar-refractivity contribution is 6.04. The zero-order valence-electron chi connectivity index (χ0n) is 10.4. The van der Waals surface area contributed by atoms with E-state index in [0.717, 1.165) is 0 Å². The summed E-state index contributed by atoms with van der Waals surface area (Å²) >= 11 is 0. The van der Waals surface area contributed by atoms with Gasteiger partial charge in [0.1, 0.15) is 0 Å². The van der Waals surface area contributed by atoms with Crippen molar-refractivity contribution in [3.05, 3.63) is 65.7 Å². The van der Waals surface area contributed by atoms with E-state index in [9.17, 15) is 14.8 Å². The van der Waals surface area contributed by atoms with Crippen LogP contribution in [0.1, 0.15) is 27.6 Å². The minimum absolute atomic E-state index is 0.0644. The predicted octanol–water partition coefficient (Wildman–Crippen LogP) is 2.93. The second-order valence-electron chi connectivity index (χ2n) is 4.09. The molecule has 0 aliphatic heterocycles. The van der Waals surface area contributed by atoms with Gasteiger partial charge < -0.3 is 0 Å². The van der Waals surface area contributed by atoms with Gasteiger partial charge in [0.05, 0.1) is 5.69 Å². The Hall–Kier alpha value is -2.46. The number of hydrogen-bond donors (Lipinski definition) is 1. The van der Waals surface area contributed by atoms with E-state index in [0.29, 0.717) is 21.9 Å². The zero-order valence-corrected chi connectivity index (χ0v) is 10.4. The number of amides is 1. The van der Waals surface area contributed by atoms with Crippen molar-refractivity contribution in [2.45, 2.75) is 6.92 Å². The molecule has 2 aromatic carbocycles. The molecule has 0 fully saturated rings. The van der Waals surface area contributed by atoms with Crippen LogP contribution in [-0.4, -0.2) is 16.9 Å². The van der Waals surface area contributed by atoms with Gasteiger partial charge in [-0.25, -0.2) is 0 Å². The van der Waals surface area contributed by atoms with Crippen molar-refractivity contribution < 1.29 is 14.8 Å². The molecule has 4 heteroatoms. The number of benzene rings is 2. The van der Waals surface area contributed by atoms with Crippen molar-refractivity contribution in [2.24, 2.45) is 0 Å². The molecule has 0 spiro atoms. The number of carbonyl (C=O) groups excluding carboxylic acids is 2. The Bertz CT molecular complexity index is 591. The van der Waals surface area contributed by atoms with E-state index in [1.54, 1.807) is 42.5 Å². The van der Waals surface area contributed by atoms with Crippen molar-refractivity contribution in [3.63, 3.8) is 0 Å². The van der Waals surface area contributed by atoms with E-state index in [1.165, 1.54) is 19.1 Å². The number of hydrogen-bond acceptors (Lipinski definition) is 3. The highest BCUT2D eigenvalue weighted by Crippen LogP contribution is 2.16. The van der Waals surface area contributed by atoms with Gasteiger partial charge in [-0.05, 0) is 43.3 Å². The fourth-order valence-corrected chi connectivity index (χ4v) is 1.66. The van der Waals surface area contributed by atoms with Gasteiger partial charge in [-0.2, -0.15) is 5.06 Å². The molecule has 2 rings (SSSR count). The Balaban J connectivity index is 2.22. The fraction of sp³-hybridized carbons (Fsp3) is 0.0667. The summed E-state index contributed by atoms with van der Waals surface area (Å²) in [7, 11) is 0. The molecule has 0 bridgehead atoms. The first-order valence-electron chi connectivity index (χ1n) is 5.79. The van der Waals surface area contributed by atoms with Crippen LogP contribution >= 0.6 is 0 Å². The minimum Gasteiger partial charge on any atom is -0.295 e. The van der Waals surface area contributed by atoms with Crippen LogP contribution < -0.4 is 5.06 Å². The fourth-order valence-electron chi connectivity index (χ4n) is 1.66. The average Bonchev–Trinajstić information content (AvgIpc) is 2.46. The monoisotopic (exact) mass is 255 g/mol. The molecule has 1 amide bonds. The van der Waals surface area contributed by atoms with Crippen LogP contribution in [0.4, 0.5) is 5.69 Å². The maximum Gasteiger partial charge on any atom is 0.281 e. The molecule has 4 nitrogen and oxygen atoms in total. The van der Waals surface area contributed by atoms with Gasteiger partial charge in [-0.3, -0.25) is 14.8 Å². The molecule has 19 heavy (non-hydrogen) atoms. The number of anilines is 1. The number of ketones is 1. The summed E-state index contributed by atoms with van der Waals surface area (Å²) in [5.41, 5.74) is 1.24. The smallest absolute Gasteiger partial charge is 0.281 e. The largest absolute Gasteiger partial charge is 0.295 e. The molecular formula is C15H13NO3. The minimum atomic E-state index is -0.517. The second kappa shape index (κ2) is 5.46. The predicted molar refractivity (Wildman–Crippen MR) is 71.5 cm³/mol. The van der Waals surface area contributed by atoms with E-state index < -0.39 is 5.91 Å². The summed E-state index contributed by atoms with van der Waals surface area (Å²) in [6.45, 7) is 1.46. The van der Waals surface area contributed by atoms with Crippen LogP contribution in [0.2, 0.25) is 0 Å². The molecule has 0 atom stereocenters. The Kier molecular flexibility index (Phi) is 3.73. The van der Waals surface area contributed by atoms with E-state index >= 15 is 0 Å². The van der Waals surface area contributed by atoms with Crippen LogP contribution in [0.25, 0.3) is 0 Å². The number of hydroxylamine groups is 1. The van der Waals surface area contributed by atoms with Crippen LogP contribution in [0, 0.1) is 0 Å². The third-order valence-electron chi connectivity index (χ3n) is 2.73. The molecular weight excluding hydrogens is 242 g/mol. The lowest BCUT2D eigenvalue weighted by Crippen LogP contribution is -2.26. The lowest BCUT2D eigenvalue weighted by molar-refractivity contribution is 0.0854. The van der Waals surface area contributed by atoms with Gasteiger partial charge in [-0.15, -0.1) is 0 Å². The van der Waals surface area contributed by atoms with Crippen LogP contribution in [0.5, 0.6) is 0 Å². The standard InChI is InChI=1S/C15H13NO3/c1-11(17)12-7-9-14(10-8-12)16(19)15(18)13-5-3-2-4-6-13/h2-10,19H,1H3. The number of carbonyl (C=O) groups is 2. The third kappa shape index (κ3) is 2.86. The average molecular weight is 255 g/mol. The van der Waals surface area contributed by atoms with Gasteiger partial charge >= 0.3 is 0 Å². The SMILES string of the molecule is CC(=O)c1ccc(N(O)C(=O)c2ccccc2)cc1. The summed E-state index contributed by atoms with van der Waals surface area (Å²) < 4.78 is 0. The first-order valence-corrected chi connectivity index (χ1v) is 5.79. The maximum absolute atomic E-state index is 12.0. The summed E-state index contributed by atoms with van der Waals surface area (Å²) in [5, 5.41) is 10.4. The molecule has 0 heterocycles. The second-order valence-corrected chi connectivity index (χ2v) is 4.09.